The topological polar surface area (TPSA) is 49.4 Å². The van der Waals surface area contributed by atoms with Crippen molar-refractivity contribution in [1.82, 2.24) is 0 Å². The van der Waals surface area contributed by atoms with Crippen LogP contribution in [-0.2, 0) is 9.59 Å². The van der Waals surface area contributed by atoms with Crippen LogP contribution in [0.25, 0.3) is 0 Å². The molecular weight excluding hydrogens is 300 g/mol. The second-order valence-corrected chi connectivity index (χ2v) is 6.51. The molecule has 2 aromatic rings. The summed E-state index contributed by atoms with van der Waals surface area (Å²) in [5.74, 6) is -0.342. The maximum Gasteiger partial charge on any atom is 0.256 e. The van der Waals surface area contributed by atoms with E-state index in [4.69, 9.17) is 0 Å². The molecular formula is C20H22N2O2. The van der Waals surface area contributed by atoms with Gasteiger partial charge in [-0.3, -0.25) is 9.59 Å². The minimum atomic E-state index is -0.516. The normalized spacial score (nSPS) is 17.5. The SMILES string of the molecule is Cc1ccc(C)c(N2C(=O)C[C@@H](Nc3cccc(C)c3C)C2=O)c1. The maximum atomic E-state index is 12.8. The molecule has 1 atom stereocenters. The van der Waals surface area contributed by atoms with Crippen molar-refractivity contribution in [3.05, 3.63) is 58.7 Å². The molecule has 24 heavy (non-hydrogen) atoms. The Balaban J connectivity index is 1.89. The number of anilines is 2. The summed E-state index contributed by atoms with van der Waals surface area (Å²) in [4.78, 5) is 26.6. The standard InChI is InChI=1S/C20H22N2O2/c1-12-8-9-14(3)18(10-12)22-19(23)11-17(20(22)24)21-16-7-5-6-13(2)15(16)4/h5-10,17,21H,11H2,1-4H3/t17-/m1/s1. The Bertz CT molecular complexity index is 826. The Morgan fingerprint density at radius 1 is 1.00 bits per heavy atom. The van der Waals surface area contributed by atoms with Gasteiger partial charge in [-0.15, -0.1) is 0 Å². The molecule has 1 aliphatic rings. The van der Waals surface area contributed by atoms with Gasteiger partial charge in [0.25, 0.3) is 5.91 Å². The van der Waals surface area contributed by atoms with E-state index in [-0.39, 0.29) is 18.2 Å². The Morgan fingerprint density at radius 3 is 2.50 bits per heavy atom. The van der Waals surface area contributed by atoms with Crippen LogP contribution in [0.4, 0.5) is 11.4 Å². The monoisotopic (exact) mass is 322 g/mol. The van der Waals surface area contributed by atoms with E-state index in [1.54, 1.807) is 0 Å². The molecule has 0 unspecified atom stereocenters. The summed E-state index contributed by atoms with van der Waals surface area (Å²) in [7, 11) is 0. The molecule has 0 radical (unpaired) electrons. The molecule has 1 saturated heterocycles. The molecule has 0 aliphatic carbocycles. The molecule has 3 rings (SSSR count). The molecule has 0 spiro atoms. The van der Waals surface area contributed by atoms with Crippen LogP contribution in [0, 0.1) is 27.7 Å². The van der Waals surface area contributed by atoms with Crippen molar-refractivity contribution in [3.8, 4) is 0 Å². The average Bonchev–Trinajstić information content (AvgIpc) is 2.81. The van der Waals surface area contributed by atoms with Crippen LogP contribution in [-0.4, -0.2) is 17.9 Å². The van der Waals surface area contributed by atoms with Gasteiger partial charge in [-0.1, -0.05) is 24.3 Å². The second-order valence-electron chi connectivity index (χ2n) is 6.51. The van der Waals surface area contributed by atoms with E-state index in [1.807, 2.05) is 64.1 Å². The smallest absolute Gasteiger partial charge is 0.256 e. The van der Waals surface area contributed by atoms with Gasteiger partial charge in [0, 0.05) is 5.69 Å². The minimum Gasteiger partial charge on any atom is -0.373 e. The Hall–Kier alpha value is -2.62. The van der Waals surface area contributed by atoms with Gasteiger partial charge in [-0.05, 0) is 62.1 Å². The fourth-order valence-corrected chi connectivity index (χ4v) is 3.05. The van der Waals surface area contributed by atoms with Crippen molar-refractivity contribution < 1.29 is 9.59 Å². The second kappa shape index (κ2) is 6.11. The van der Waals surface area contributed by atoms with E-state index in [0.29, 0.717) is 5.69 Å². The zero-order valence-corrected chi connectivity index (χ0v) is 14.5. The van der Waals surface area contributed by atoms with Crippen LogP contribution in [0.15, 0.2) is 36.4 Å². The van der Waals surface area contributed by atoms with Gasteiger partial charge in [-0.2, -0.15) is 0 Å². The van der Waals surface area contributed by atoms with Crippen molar-refractivity contribution in [2.75, 3.05) is 10.2 Å². The molecule has 0 bridgehead atoms. The van der Waals surface area contributed by atoms with Crippen LogP contribution >= 0.6 is 0 Å². The van der Waals surface area contributed by atoms with Crippen LogP contribution < -0.4 is 10.2 Å². The van der Waals surface area contributed by atoms with Crippen molar-refractivity contribution in [3.63, 3.8) is 0 Å². The predicted molar refractivity (Wildman–Crippen MR) is 96.4 cm³/mol. The minimum absolute atomic E-state index is 0.156. The first-order valence-corrected chi connectivity index (χ1v) is 8.15. The summed E-state index contributed by atoms with van der Waals surface area (Å²) in [5.41, 5.74) is 5.81. The molecule has 1 fully saturated rings. The van der Waals surface area contributed by atoms with Gasteiger partial charge in [0.2, 0.25) is 5.91 Å². The summed E-state index contributed by atoms with van der Waals surface area (Å²) < 4.78 is 0. The van der Waals surface area contributed by atoms with E-state index in [1.165, 1.54) is 4.90 Å². The molecule has 0 saturated carbocycles. The first kappa shape index (κ1) is 16.2. The van der Waals surface area contributed by atoms with Crippen LogP contribution in [0.5, 0.6) is 0 Å². The third-order valence-corrected chi connectivity index (χ3v) is 4.69. The number of hydrogen-bond acceptors (Lipinski definition) is 3. The van der Waals surface area contributed by atoms with E-state index < -0.39 is 6.04 Å². The number of imide groups is 1. The fourth-order valence-electron chi connectivity index (χ4n) is 3.05. The summed E-state index contributed by atoms with van der Waals surface area (Å²) in [6, 6.07) is 11.2. The number of benzene rings is 2. The number of carbonyl (C=O) groups excluding carboxylic acids is 2. The third-order valence-electron chi connectivity index (χ3n) is 4.69. The molecule has 1 N–H and O–H groups in total. The lowest BCUT2D eigenvalue weighted by Gasteiger charge is -2.19. The van der Waals surface area contributed by atoms with Gasteiger partial charge < -0.3 is 5.32 Å². The highest BCUT2D eigenvalue weighted by Gasteiger charge is 2.40. The molecule has 1 aliphatic heterocycles. The number of amides is 2. The number of hydrogen-bond donors (Lipinski definition) is 1. The number of rotatable bonds is 3. The quantitative estimate of drug-likeness (QED) is 0.877. The van der Waals surface area contributed by atoms with Crippen molar-refractivity contribution in [2.24, 2.45) is 0 Å². The highest BCUT2D eigenvalue weighted by molar-refractivity contribution is 6.23. The molecule has 4 nitrogen and oxygen atoms in total. The van der Waals surface area contributed by atoms with Crippen LogP contribution in [0.1, 0.15) is 28.7 Å². The van der Waals surface area contributed by atoms with Crippen LogP contribution in [0.2, 0.25) is 0 Å². The summed E-state index contributed by atoms with van der Waals surface area (Å²) in [6.45, 7) is 7.92. The first-order chi connectivity index (χ1) is 11.4. The Kier molecular flexibility index (Phi) is 4.14. The third kappa shape index (κ3) is 2.80. The van der Waals surface area contributed by atoms with Crippen molar-refractivity contribution >= 4 is 23.2 Å². The van der Waals surface area contributed by atoms with E-state index in [9.17, 15) is 9.59 Å². The highest BCUT2D eigenvalue weighted by Crippen LogP contribution is 2.29. The van der Waals surface area contributed by atoms with Crippen LogP contribution in [0.3, 0.4) is 0 Å². The van der Waals surface area contributed by atoms with Crippen molar-refractivity contribution in [1.29, 1.82) is 0 Å². The zero-order chi connectivity index (χ0) is 17.4. The number of aryl methyl sites for hydroxylation is 3. The molecule has 2 aromatic carbocycles. The maximum absolute atomic E-state index is 12.8. The van der Waals surface area contributed by atoms with Crippen molar-refractivity contribution in [2.45, 2.75) is 40.2 Å². The van der Waals surface area contributed by atoms with Gasteiger partial charge in [0.05, 0.1) is 12.1 Å². The van der Waals surface area contributed by atoms with Gasteiger partial charge in [-0.25, -0.2) is 4.90 Å². The van der Waals surface area contributed by atoms with Gasteiger partial charge in [0.15, 0.2) is 0 Å². The highest BCUT2D eigenvalue weighted by atomic mass is 16.2. The van der Waals surface area contributed by atoms with E-state index >= 15 is 0 Å². The molecule has 124 valence electrons. The molecule has 1 heterocycles. The summed E-state index contributed by atoms with van der Waals surface area (Å²) in [6.07, 6.45) is 0.180. The lowest BCUT2D eigenvalue weighted by molar-refractivity contribution is -0.121. The largest absolute Gasteiger partial charge is 0.373 e. The molecule has 4 heteroatoms. The van der Waals surface area contributed by atoms with E-state index in [0.717, 1.165) is 27.9 Å². The lowest BCUT2D eigenvalue weighted by Crippen LogP contribution is -2.35. The molecule has 2 amide bonds. The van der Waals surface area contributed by atoms with Gasteiger partial charge in [0.1, 0.15) is 6.04 Å². The zero-order valence-electron chi connectivity index (χ0n) is 14.5. The molecule has 0 aromatic heterocycles. The number of nitrogens with one attached hydrogen (secondary N) is 1. The fraction of sp³-hybridized carbons (Fsp3) is 0.300. The Labute approximate surface area is 142 Å². The summed E-state index contributed by atoms with van der Waals surface area (Å²) >= 11 is 0. The number of carbonyl (C=O) groups is 2. The Morgan fingerprint density at radius 2 is 1.75 bits per heavy atom. The first-order valence-electron chi connectivity index (χ1n) is 8.15. The van der Waals surface area contributed by atoms with E-state index in [2.05, 4.69) is 5.32 Å². The predicted octanol–water partition coefficient (Wildman–Crippen LogP) is 3.66. The summed E-state index contributed by atoms with van der Waals surface area (Å²) in [5, 5.41) is 3.25. The van der Waals surface area contributed by atoms with Gasteiger partial charge >= 0.3 is 0 Å². The number of nitrogens with zero attached hydrogens (tertiary/aromatic N) is 1. The average molecular weight is 322 g/mol. The lowest BCUT2D eigenvalue weighted by atomic mass is 10.1.